The van der Waals surface area contributed by atoms with Gasteiger partial charge in [-0.15, -0.1) is 11.3 Å². The van der Waals surface area contributed by atoms with Crippen LogP contribution in [0, 0.1) is 0 Å². The predicted octanol–water partition coefficient (Wildman–Crippen LogP) is 16.6. The molecule has 0 saturated carbocycles. The molecule has 14 rings (SSSR count). The maximum Gasteiger partial charge on any atom is 0.0727 e. The number of hydrogen-bond acceptors (Lipinski definition) is 2. The molecular formula is C61H38N2S. The predicted molar refractivity (Wildman–Crippen MR) is 270 cm³/mol. The van der Waals surface area contributed by atoms with E-state index in [1.807, 2.05) is 11.3 Å². The van der Waals surface area contributed by atoms with Gasteiger partial charge in [0.05, 0.1) is 16.4 Å². The fraction of sp³-hybridized carbons (Fsp3) is 0.0164. The molecule has 1 spiro atoms. The number of aromatic nitrogens is 1. The summed E-state index contributed by atoms with van der Waals surface area (Å²) in [4.78, 5) is 2.47. The van der Waals surface area contributed by atoms with E-state index in [0.29, 0.717) is 0 Å². The van der Waals surface area contributed by atoms with Crippen molar-refractivity contribution in [3.63, 3.8) is 0 Å². The van der Waals surface area contributed by atoms with Crippen molar-refractivity contribution in [2.75, 3.05) is 4.90 Å². The van der Waals surface area contributed by atoms with Gasteiger partial charge in [-0.05, 0) is 128 Å². The second kappa shape index (κ2) is 13.5. The standard InChI is InChI=1S/C61H38N2S/c1-2-14-39(15-3-1)40-26-28-41(29-27-40)62(42-32-35-60-52(36-42)51-20-8-13-25-59(51)64-60)43-30-33-47-48-34-31-44(63-57-23-11-6-18-49(57)50-19-7-12-24-58(50)63)38-56(48)61(55(47)37-43)53-21-9-4-16-45(53)46-17-5-10-22-54(46)61/h1-38H. The Morgan fingerprint density at radius 1 is 0.328 bits per heavy atom. The molecule has 2 aliphatic carbocycles. The number of nitrogens with zero attached hydrogens (tertiary/aromatic N) is 2. The second-order valence-electron chi connectivity index (χ2n) is 17.2. The van der Waals surface area contributed by atoms with Gasteiger partial charge in [0.2, 0.25) is 0 Å². The zero-order chi connectivity index (χ0) is 41.9. The van der Waals surface area contributed by atoms with E-state index in [4.69, 9.17) is 0 Å². The molecule has 2 aliphatic rings. The van der Waals surface area contributed by atoms with E-state index in [9.17, 15) is 0 Å². The van der Waals surface area contributed by atoms with Crippen molar-refractivity contribution in [2.45, 2.75) is 5.41 Å². The van der Waals surface area contributed by atoms with Crippen LogP contribution in [0.1, 0.15) is 22.3 Å². The van der Waals surface area contributed by atoms with E-state index in [-0.39, 0.29) is 0 Å². The first-order valence-electron chi connectivity index (χ1n) is 22.1. The zero-order valence-corrected chi connectivity index (χ0v) is 35.6. The summed E-state index contributed by atoms with van der Waals surface area (Å²) in [6, 6.07) is 86.0. The van der Waals surface area contributed by atoms with E-state index >= 15 is 0 Å². The van der Waals surface area contributed by atoms with Crippen molar-refractivity contribution in [3.05, 3.63) is 253 Å². The molecule has 0 amide bonds. The molecular weight excluding hydrogens is 793 g/mol. The first kappa shape index (κ1) is 35.6. The minimum atomic E-state index is -0.543. The van der Waals surface area contributed by atoms with Crippen molar-refractivity contribution in [3.8, 4) is 39.1 Å². The van der Waals surface area contributed by atoms with Crippen LogP contribution in [0.15, 0.2) is 231 Å². The van der Waals surface area contributed by atoms with E-state index < -0.39 is 5.41 Å². The highest BCUT2D eigenvalue weighted by Gasteiger charge is 2.52. The Kier molecular flexibility index (Phi) is 7.51. The van der Waals surface area contributed by atoms with E-state index in [1.165, 1.54) is 103 Å². The summed E-state index contributed by atoms with van der Waals surface area (Å²) in [6.45, 7) is 0. The van der Waals surface area contributed by atoms with E-state index in [1.54, 1.807) is 0 Å². The Morgan fingerprint density at radius 2 is 0.828 bits per heavy atom. The summed E-state index contributed by atoms with van der Waals surface area (Å²) >= 11 is 1.86. The average molecular weight is 831 g/mol. The number of benzene rings is 10. The SMILES string of the molecule is c1ccc(-c2ccc(N(c3ccc4c(c3)C3(c5ccccc5-c5ccccc53)c3cc(-n5c6ccccc6c6ccccc65)ccc3-4)c3ccc4sc5ccccc5c4c3)cc2)cc1. The summed E-state index contributed by atoms with van der Waals surface area (Å²) in [5.74, 6) is 0. The maximum absolute atomic E-state index is 2.51. The third-order valence-electron chi connectivity index (χ3n) is 14.0. The molecule has 2 heterocycles. The van der Waals surface area contributed by atoms with Crippen molar-refractivity contribution in [1.29, 1.82) is 0 Å². The van der Waals surface area contributed by atoms with Crippen molar-refractivity contribution in [1.82, 2.24) is 4.57 Å². The molecule has 0 unspecified atom stereocenters. The lowest BCUT2D eigenvalue weighted by Gasteiger charge is -2.32. The third kappa shape index (κ3) is 4.90. The second-order valence-corrected chi connectivity index (χ2v) is 18.3. The Morgan fingerprint density at radius 3 is 1.55 bits per heavy atom. The third-order valence-corrected chi connectivity index (χ3v) is 15.2. The van der Waals surface area contributed by atoms with Crippen LogP contribution in [-0.2, 0) is 5.41 Å². The molecule has 0 bridgehead atoms. The highest BCUT2D eigenvalue weighted by Crippen LogP contribution is 2.63. The Labute approximate surface area is 375 Å². The molecule has 3 heteroatoms. The number of thiophene rings is 1. The highest BCUT2D eigenvalue weighted by atomic mass is 32.1. The van der Waals surface area contributed by atoms with Crippen molar-refractivity contribution < 1.29 is 0 Å². The number of fused-ring (bicyclic) bond motifs is 16. The fourth-order valence-corrected chi connectivity index (χ4v) is 12.4. The van der Waals surface area contributed by atoms with Gasteiger partial charge in [-0.2, -0.15) is 0 Å². The van der Waals surface area contributed by atoms with E-state index in [0.717, 1.165) is 17.1 Å². The Hall–Kier alpha value is -7.98. The fourth-order valence-electron chi connectivity index (χ4n) is 11.3. The minimum absolute atomic E-state index is 0.543. The van der Waals surface area contributed by atoms with Gasteiger partial charge < -0.3 is 9.47 Å². The Balaban J connectivity index is 1.03. The lowest BCUT2D eigenvalue weighted by atomic mass is 9.70. The van der Waals surface area contributed by atoms with Crippen LogP contribution in [0.3, 0.4) is 0 Å². The lowest BCUT2D eigenvalue weighted by Crippen LogP contribution is -2.26. The normalized spacial score (nSPS) is 13.1. The molecule has 298 valence electrons. The van der Waals surface area contributed by atoms with Crippen LogP contribution in [0.25, 0.3) is 81.0 Å². The van der Waals surface area contributed by atoms with Gasteiger partial charge in [-0.25, -0.2) is 0 Å². The maximum atomic E-state index is 2.51. The van der Waals surface area contributed by atoms with Crippen LogP contribution in [0.5, 0.6) is 0 Å². The summed E-state index contributed by atoms with van der Waals surface area (Å²) in [7, 11) is 0. The molecule has 10 aromatic carbocycles. The number of anilines is 3. The van der Waals surface area contributed by atoms with Crippen LogP contribution in [-0.4, -0.2) is 4.57 Å². The van der Waals surface area contributed by atoms with Gasteiger partial charge in [0.1, 0.15) is 0 Å². The molecule has 64 heavy (non-hydrogen) atoms. The first-order chi connectivity index (χ1) is 31.7. The van der Waals surface area contributed by atoms with Gasteiger partial charge >= 0.3 is 0 Å². The highest BCUT2D eigenvalue weighted by molar-refractivity contribution is 7.25. The summed E-state index contributed by atoms with van der Waals surface area (Å²) in [5, 5.41) is 5.11. The molecule has 2 nitrogen and oxygen atoms in total. The molecule has 0 fully saturated rings. The van der Waals surface area contributed by atoms with Crippen LogP contribution < -0.4 is 4.90 Å². The molecule has 2 aromatic heterocycles. The Bertz CT molecular complexity index is 3750. The summed E-state index contributed by atoms with van der Waals surface area (Å²) in [5.41, 5.74) is 19.3. The number of hydrogen-bond donors (Lipinski definition) is 0. The smallest absolute Gasteiger partial charge is 0.0727 e. The van der Waals surface area contributed by atoms with Gasteiger partial charge in [-0.3, -0.25) is 0 Å². The minimum Gasteiger partial charge on any atom is -0.310 e. The van der Waals surface area contributed by atoms with Gasteiger partial charge in [0, 0.05) is 53.7 Å². The molecule has 0 saturated heterocycles. The number of rotatable bonds is 5. The van der Waals surface area contributed by atoms with Crippen LogP contribution in [0.2, 0.25) is 0 Å². The average Bonchev–Trinajstić information content (AvgIpc) is 4.08. The molecule has 12 aromatic rings. The van der Waals surface area contributed by atoms with Crippen LogP contribution in [0.4, 0.5) is 17.1 Å². The number of para-hydroxylation sites is 2. The van der Waals surface area contributed by atoms with Gasteiger partial charge in [0.25, 0.3) is 0 Å². The molecule has 0 radical (unpaired) electrons. The first-order valence-corrected chi connectivity index (χ1v) is 22.9. The largest absolute Gasteiger partial charge is 0.310 e. The van der Waals surface area contributed by atoms with Crippen molar-refractivity contribution >= 4 is 70.4 Å². The van der Waals surface area contributed by atoms with Gasteiger partial charge in [-0.1, -0.05) is 158 Å². The summed E-state index contributed by atoms with van der Waals surface area (Å²) < 4.78 is 5.07. The summed E-state index contributed by atoms with van der Waals surface area (Å²) in [6.07, 6.45) is 0. The molecule has 0 N–H and O–H groups in total. The van der Waals surface area contributed by atoms with E-state index in [2.05, 4.69) is 240 Å². The topological polar surface area (TPSA) is 8.17 Å². The zero-order valence-electron chi connectivity index (χ0n) is 34.7. The monoisotopic (exact) mass is 830 g/mol. The lowest BCUT2D eigenvalue weighted by molar-refractivity contribution is 0.792. The quantitative estimate of drug-likeness (QED) is 0.168. The molecule has 0 atom stereocenters. The van der Waals surface area contributed by atoms with Gasteiger partial charge in [0.15, 0.2) is 0 Å². The van der Waals surface area contributed by atoms with Crippen LogP contribution >= 0.6 is 11.3 Å². The van der Waals surface area contributed by atoms with Crippen molar-refractivity contribution in [2.24, 2.45) is 0 Å². The molecule has 0 aliphatic heterocycles.